The molecule has 0 spiro atoms. The molecule has 34 heavy (non-hydrogen) atoms. The van der Waals surface area contributed by atoms with E-state index in [9.17, 15) is 13.2 Å². The molecule has 1 aliphatic heterocycles. The van der Waals surface area contributed by atoms with Crippen molar-refractivity contribution in [1.29, 1.82) is 0 Å². The standard InChI is InChI=1S/C26H29N3O4S/c1-4-28(5-2)21-15-16-23(19(3)17-21)27-26(30)33-25-18-34(31,32)29(20-11-7-6-8-12-20)24-14-10-9-13-22(24)25/h6-17,25H,4-5,18H2,1-3H3,(H,27,30). The monoisotopic (exact) mass is 479 g/mol. The largest absolute Gasteiger partial charge is 0.440 e. The van der Waals surface area contributed by atoms with E-state index < -0.39 is 22.2 Å². The Morgan fingerprint density at radius 1 is 1.03 bits per heavy atom. The van der Waals surface area contributed by atoms with Crippen molar-refractivity contribution in [3.63, 3.8) is 0 Å². The van der Waals surface area contributed by atoms with Gasteiger partial charge in [-0.3, -0.25) is 5.32 Å². The molecule has 1 heterocycles. The average molecular weight is 480 g/mol. The number of hydrogen-bond donors (Lipinski definition) is 1. The number of aryl methyl sites for hydroxylation is 1. The summed E-state index contributed by atoms with van der Waals surface area (Å²) in [5.74, 6) is -0.341. The third kappa shape index (κ3) is 4.72. The van der Waals surface area contributed by atoms with Crippen LogP contribution in [-0.2, 0) is 14.8 Å². The Kier molecular flexibility index (Phi) is 6.79. The number of amides is 1. The molecule has 0 saturated heterocycles. The maximum absolute atomic E-state index is 13.2. The highest BCUT2D eigenvalue weighted by atomic mass is 32.2. The summed E-state index contributed by atoms with van der Waals surface area (Å²) in [7, 11) is -3.76. The molecule has 0 aliphatic carbocycles. The van der Waals surface area contributed by atoms with Crippen molar-refractivity contribution < 1.29 is 17.9 Å². The minimum absolute atomic E-state index is 0.341. The molecule has 1 atom stereocenters. The first kappa shape index (κ1) is 23.6. The molecule has 3 aromatic carbocycles. The molecule has 0 bridgehead atoms. The van der Waals surface area contributed by atoms with Crippen molar-refractivity contribution in [2.75, 3.05) is 33.4 Å². The predicted octanol–water partition coefficient (Wildman–Crippen LogP) is 5.61. The number of sulfonamides is 1. The summed E-state index contributed by atoms with van der Waals surface area (Å²) < 4.78 is 33.4. The van der Waals surface area contributed by atoms with Crippen molar-refractivity contribution in [3.8, 4) is 0 Å². The molecule has 0 fully saturated rings. The summed E-state index contributed by atoms with van der Waals surface area (Å²) in [6.45, 7) is 7.88. The molecule has 3 aromatic rings. The number of hydrogen-bond acceptors (Lipinski definition) is 5. The zero-order valence-corrected chi connectivity index (χ0v) is 20.4. The molecule has 1 aliphatic rings. The maximum Gasteiger partial charge on any atom is 0.412 e. The van der Waals surface area contributed by atoms with Crippen molar-refractivity contribution in [2.45, 2.75) is 26.9 Å². The first-order valence-electron chi connectivity index (χ1n) is 11.3. The first-order chi connectivity index (χ1) is 16.3. The minimum Gasteiger partial charge on any atom is -0.440 e. The highest BCUT2D eigenvalue weighted by molar-refractivity contribution is 7.93. The van der Waals surface area contributed by atoms with Crippen molar-refractivity contribution in [3.05, 3.63) is 83.9 Å². The number of nitrogens with zero attached hydrogens (tertiary/aromatic N) is 2. The second-order valence-electron chi connectivity index (χ2n) is 8.13. The highest BCUT2D eigenvalue weighted by Gasteiger charge is 2.38. The number of carbonyl (C=O) groups excluding carboxylic acids is 1. The van der Waals surface area contributed by atoms with Crippen LogP contribution in [0.15, 0.2) is 72.8 Å². The molecule has 0 radical (unpaired) electrons. The first-order valence-corrected chi connectivity index (χ1v) is 12.9. The normalized spacial score (nSPS) is 16.4. The second kappa shape index (κ2) is 9.77. The van der Waals surface area contributed by atoms with Gasteiger partial charge < -0.3 is 9.64 Å². The number of anilines is 4. The summed E-state index contributed by atoms with van der Waals surface area (Å²) in [6.07, 6.45) is -1.61. The van der Waals surface area contributed by atoms with Gasteiger partial charge in [-0.25, -0.2) is 17.5 Å². The Morgan fingerprint density at radius 3 is 2.38 bits per heavy atom. The van der Waals surface area contributed by atoms with Gasteiger partial charge in [-0.05, 0) is 62.7 Å². The number of rotatable bonds is 6. The Balaban J connectivity index is 1.57. The lowest BCUT2D eigenvalue weighted by molar-refractivity contribution is 0.122. The van der Waals surface area contributed by atoms with Gasteiger partial charge in [-0.1, -0.05) is 36.4 Å². The van der Waals surface area contributed by atoms with Crippen LogP contribution < -0.4 is 14.5 Å². The molecular weight excluding hydrogens is 450 g/mol. The fourth-order valence-electron chi connectivity index (χ4n) is 4.25. The van der Waals surface area contributed by atoms with Gasteiger partial charge in [0.15, 0.2) is 0 Å². The third-order valence-corrected chi connectivity index (χ3v) is 7.65. The van der Waals surface area contributed by atoms with Gasteiger partial charge >= 0.3 is 6.09 Å². The zero-order chi connectivity index (χ0) is 24.3. The summed E-state index contributed by atoms with van der Waals surface area (Å²) in [4.78, 5) is 15.0. The van der Waals surface area contributed by atoms with Gasteiger partial charge in [-0.2, -0.15) is 0 Å². The van der Waals surface area contributed by atoms with Crippen LogP contribution in [0, 0.1) is 6.92 Å². The van der Waals surface area contributed by atoms with Crippen molar-refractivity contribution in [1.82, 2.24) is 0 Å². The van der Waals surface area contributed by atoms with Gasteiger partial charge in [0.2, 0.25) is 10.0 Å². The fraction of sp³-hybridized carbons (Fsp3) is 0.269. The van der Waals surface area contributed by atoms with Crippen LogP contribution in [0.1, 0.15) is 31.1 Å². The number of ether oxygens (including phenoxy) is 1. The molecule has 178 valence electrons. The Bertz CT molecular complexity index is 1270. The van der Waals surface area contributed by atoms with Crippen LogP contribution in [0.2, 0.25) is 0 Å². The molecule has 7 nitrogen and oxygen atoms in total. The topological polar surface area (TPSA) is 79.0 Å². The molecule has 0 saturated carbocycles. The number of benzene rings is 3. The number of para-hydroxylation sites is 2. The average Bonchev–Trinajstić information content (AvgIpc) is 2.81. The quantitative estimate of drug-likeness (QED) is 0.497. The van der Waals surface area contributed by atoms with Crippen molar-refractivity contribution >= 4 is 38.9 Å². The SMILES string of the molecule is CCN(CC)c1ccc(NC(=O)OC2CS(=O)(=O)N(c3ccccc3)c3ccccc32)c(C)c1. The van der Waals surface area contributed by atoms with E-state index >= 15 is 0 Å². The van der Waals surface area contributed by atoms with Gasteiger partial charge in [0.05, 0.1) is 11.4 Å². The second-order valence-corrected chi connectivity index (χ2v) is 9.99. The van der Waals surface area contributed by atoms with Gasteiger partial charge in [-0.15, -0.1) is 0 Å². The van der Waals surface area contributed by atoms with Crippen LogP contribution in [0.5, 0.6) is 0 Å². The van der Waals surface area contributed by atoms with Crippen LogP contribution in [0.3, 0.4) is 0 Å². The molecule has 8 heteroatoms. The Labute approximate surface area is 201 Å². The van der Waals surface area contributed by atoms with Gasteiger partial charge in [0.25, 0.3) is 0 Å². The van der Waals surface area contributed by atoms with E-state index in [1.165, 1.54) is 4.31 Å². The van der Waals surface area contributed by atoms with Gasteiger partial charge in [0, 0.05) is 30.0 Å². The smallest absolute Gasteiger partial charge is 0.412 e. The molecule has 1 N–H and O–H groups in total. The minimum atomic E-state index is -3.76. The molecular formula is C26H29N3O4S. The summed E-state index contributed by atoms with van der Waals surface area (Å²) in [6, 6.07) is 21.8. The highest BCUT2D eigenvalue weighted by Crippen LogP contribution is 2.41. The molecule has 1 amide bonds. The van der Waals surface area contributed by atoms with Crippen LogP contribution in [0.25, 0.3) is 0 Å². The number of fused-ring (bicyclic) bond motifs is 1. The molecule has 0 aromatic heterocycles. The summed E-state index contributed by atoms with van der Waals surface area (Å²) >= 11 is 0. The number of nitrogens with one attached hydrogen (secondary N) is 1. The Hall–Kier alpha value is -3.52. The van der Waals surface area contributed by atoms with Crippen LogP contribution in [0.4, 0.5) is 27.5 Å². The zero-order valence-electron chi connectivity index (χ0n) is 19.6. The lowest BCUT2D eigenvalue weighted by atomic mass is 10.1. The van der Waals surface area contributed by atoms with Gasteiger partial charge in [0.1, 0.15) is 11.9 Å². The predicted molar refractivity (Wildman–Crippen MR) is 136 cm³/mol. The Morgan fingerprint density at radius 2 is 1.71 bits per heavy atom. The summed E-state index contributed by atoms with van der Waals surface area (Å²) in [5.41, 5.74) is 4.27. The van der Waals surface area contributed by atoms with Crippen LogP contribution in [-0.4, -0.2) is 33.4 Å². The van der Waals surface area contributed by atoms with E-state index in [0.29, 0.717) is 22.6 Å². The van der Waals surface area contributed by atoms with E-state index in [2.05, 4.69) is 24.1 Å². The van der Waals surface area contributed by atoms with Crippen LogP contribution >= 0.6 is 0 Å². The van der Waals surface area contributed by atoms with E-state index in [1.54, 1.807) is 42.5 Å². The number of carbonyl (C=O) groups is 1. The van der Waals surface area contributed by atoms with E-state index in [-0.39, 0.29) is 5.75 Å². The van der Waals surface area contributed by atoms with Crippen molar-refractivity contribution in [2.24, 2.45) is 0 Å². The lowest BCUT2D eigenvalue weighted by Crippen LogP contribution is -2.38. The van der Waals surface area contributed by atoms with E-state index in [4.69, 9.17) is 4.74 Å². The fourth-order valence-corrected chi connectivity index (χ4v) is 5.94. The maximum atomic E-state index is 13.2. The van der Waals surface area contributed by atoms with E-state index in [1.807, 2.05) is 37.3 Å². The summed E-state index contributed by atoms with van der Waals surface area (Å²) in [5, 5.41) is 2.77. The molecule has 4 rings (SSSR count). The lowest BCUT2D eigenvalue weighted by Gasteiger charge is -2.34. The third-order valence-electron chi connectivity index (χ3n) is 5.96. The van der Waals surface area contributed by atoms with E-state index in [0.717, 1.165) is 24.3 Å². The molecule has 1 unspecified atom stereocenters.